The monoisotopic (exact) mass is 381 g/mol. The van der Waals surface area contributed by atoms with E-state index in [1.807, 2.05) is 0 Å². The topological polar surface area (TPSA) is 59.6 Å². The molecule has 8 heteroatoms. The van der Waals surface area contributed by atoms with Crippen molar-refractivity contribution >= 4 is 11.7 Å². The van der Waals surface area contributed by atoms with Crippen molar-refractivity contribution in [1.29, 1.82) is 0 Å². The van der Waals surface area contributed by atoms with Crippen LogP contribution in [-0.2, 0) is 11.2 Å². The molecule has 1 aliphatic heterocycles. The summed E-state index contributed by atoms with van der Waals surface area (Å²) in [5.41, 5.74) is 6.55. The molecule has 2 atom stereocenters. The molecule has 0 saturated carbocycles. The van der Waals surface area contributed by atoms with Crippen LogP contribution in [0.1, 0.15) is 23.6 Å². The number of halogens is 4. The van der Waals surface area contributed by atoms with Crippen LogP contribution in [0.5, 0.6) is 0 Å². The predicted molar refractivity (Wildman–Crippen MR) is 94.9 cm³/mol. The third kappa shape index (κ3) is 5.12. The first kappa shape index (κ1) is 19.0. The number of anilines is 1. The summed E-state index contributed by atoms with van der Waals surface area (Å²) in [5.74, 6) is -0.710. The third-order valence-corrected chi connectivity index (χ3v) is 4.27. The molecule has 2 aromatic rings. The van der Waals surface area contributed by atoms with Gasteiger partial charge in [0.25, 0.3) is 6.02 Å². The molecule has 0 amide bonds. The molecule has 0 aromatic heterocycles. The zero-order chi connectivity index (χ0) is 19.4. The number of hydrogen-bond donors (Lipinski definition) is 2. The van der Waals surface area contributed by atoms with Crippen molar-refractivity contribution in [2.45, 2.75) is 31.1 Å². The van der Waals surface area contributed by atoms with E-state index in [9.17, 15) is 17.6 Å². The number of benzene rings is 2. The fourth-order valence-corrected chi connectivity index (χ4v) is 2.89. The molecule has 3 rings (SSSR count). The Bertz CT molecular complexity index is 805. The van der Waals surface area contributed by atoms with Crippen LogP contribution in [0.15, 0.2) is 53.5 Å². The number of amidine groups is 1. The number of nitrogens with two attached hydrogens (primary N) is 1. The van der Waals surface area contributed by atoms with Gasteiger partial charge in [-0.1, -0.05) is 24.3 Å². The Morgan fingerprint density at radius 3 is 2.52 bits per heavy atom. The highest BCUT2D eigenvalue weighted by atomic mass is 19.4. The van der Waals surface area contributed by atoms with Crippen LogP contribution in [-0.4, -0.2) is 24.8 Å². The van der Waals surface area contributed by atoms with Gasteiger partial charge in [-0.3, -0.25) is 0 Å². The maximum atomic E-state index is 13.4. The summed E-state index contributed by atoms with van der Waals surface area (Å²) < 4.78 is 58.6. The molecule has 3 N–H and O–H groups in total. The van der Waals surface area contributed by atoms with E-state index in [0.29, 0.717) is 18.7 Å². The lowest BCUT2D eigenvalue weighted by atomic mass is 10.0. The van der Waals surface area contributed by atoms with Crippen LogP contribution < -0.4 is 11.1 Å². The molecule has 0 bridgehead atoms. The van der Waals surface area contributed by atoms with Gasteiger partial charge in [0.05, 0.1) is 6.04 Å². The molecule has 0 radical (unpaired) electrons. The molecular formula is C19H19F4N3O. The smallest absolute Gasteiger partial charge is 0.412 e. The average Bonchev–Trinajstić information content (AvgIpc) is 3.03. The second kappa shape index (κ2) is 7.85. The maximum Gasteiger partial charge on any atom is 0.412 e. The summed E-state index contributed by atoms with van der Waals surface area (Å²) >= 11 is 0. The molecule has 0 aliphatic carbocycles. The number of hydrogen-bond acceptors (Lipinski definition) is 4. The number of rotatable bonds is 6. The molecule has 27 heavy (non-hydrogen) atoms. The number of nitrogens with one attached hydrogen (secondary N) is 1. The van der Waals surface area contributed by atoms with E-state index in [4.69, 9.17) is 10.5 Å². The second-order valence-electron chi connectivity index (χ2n) is 6.34. The van der Waals surface area contributed by atoms with Gasteiger partial charge in [-0.2, -0.15) is 13.2 Å². The molecule has 0 spiro atoms. The Labute approximate surface area is 154 Å². The van der Waals surface area contributed by atoms with Gasteiger partial charge < -0.3 is 15.8 Å². The van der Waals surface area contributed by atoms with Crippen molar-refractivity contribution in [3.63, 3.8) is 0 Å². The van der Waals surface area contributed by atoms with Gasteiger partial charge >= 0.3 is 6.18 Å². The lowest BCUT2D eigenvalue weighted by Crippen LogP contribution is -2.28. The summed E-state index contributed by atoms with van der Waals surface area (Å²) in [6.45, 7) is 0.451. The van der Waals surface area contributed by atoms with E-state index < -0.39 is 18.0 Å². The van der Waals surface area contributed by atoms with Crippen LogP contribution in [0, 0.1) is 5.82 Å². The Kier molecular flexibility index (Phi) is 5.53. The summed E-state index contributed by atoms with van der Waals surface area (Å²) in [6, 6.07) is 9.37. The first-order valence-electron chi connectivity index (χ1n) is 8.45. The van der Waals surface area contributed by atoms with E-state index in [2.05, 4.69) is 10.3 Å². The maximum absolute atomic E-state index is 13.4. The average molecular weight is 381 g/mol. The molecule has 1 heterocycles. The standard InChI is InChI=1S/C19H19F4N3O/c20-14-3-1-2-13(10-14)17(19(21,22)23)25-15-7-4-12(5-8-15)6-9-16-11-27-18(24)26-16/h1-5,7-8,10,16-17,25H,6,9,11H2,(H2,24,26)/t16-,17?/m0/s1. The van der Waals surface area contributed by atoms with Crippen molar-refractivity contribution in [3.8, 4) is 0 Å². The summed E-state index contributed by atoms with van der Waals surface area (Å²) in [4.78, 5) is 4.13. The zero-order valence-corrected chi connectivity index (χ0v) is 14.3. The van der Waals surface area contributed by atoms with Crippen molar-refractivity contribution in [2.75, 3.05) is 11.9 Å². The van der Waals surface area contributed by atoms with Gasteiger partial charge in [0.2, 0.25) is 0 Å². The molecule has 1 aliphatic rings. The Balaban J connectivity index is 1.66. The fourth-order valence-electron chi connectivity index (χ4n) is 2.89. The second-order valence-corrected chi connectivity index (χ2v) is 6.34. The van der Waals surface area contributed by atoms with E-state index >= 15 is 0 Å². The van der Waals surface area contributed by atoms with Crippen LogP contribution >= 0.6 is 0 Å². The first-order chi connectivity index (χ1) is 12.8. The molecule has 4 nitrogen and oxygen atoms in total. The van der Waals surface area contributed by atoms with Crippen molar-refractivity contribution < 1.29 is 22.3 Å². The molecular weight excluding hydrogens is 362 g/mol. The molecule has 2 aromatic carbocycles. The van der Waals surface area contributed by atoms with Gasteiger partial charge in [0.15, 0.2) is 0 Å². The van der Waals surface area contributed by atoms with Crippen molar-refractivity contribution in [3.05, 3.63) is 65.5 Å². The highest BCUT2D eigenvalue weighted by molar-refractivity contribution is 5.73. The molecule has 0 saturated heterocycles. The number of aryl methyl sites for hydroxylation is 1. The quantitative estimate of drug-likeness (QED) is 0.738. The minimum atomic E-state index is -4.56. The van der Waals surface area contributed by atoms with Gasteiger partial charge in [0, 0.05) is 5.69 Å². The Morgan fingerprint density at radius 1 is 1.19 bits per heavy atom. The molecule has 0 fully saturated rings. The Morgan fingerprint density at radius 2 is 1.93 bits per heavy atom. The molecule has 1 unspecified atom stereocenters. The van der Waals surface area contributed by atoms with Crippen LogP contribution in [0.2, 0.25) is 0 Å². The largest absolute Gasteiger partial charge is 0.463 e. The summed E-state index contributed by atoms with van der Waals surface area (Å²) in [6.07, 6.45) is -3.12. The van der Waals surface area contributed by atoms with Crippen molar-refractivity contribution in [2.24, 2.45) is 10.7 Å². The van der Waals surface area contributed by atoms with E-state index in [1.54, 1.807) is 24.3 Å². The SMILES string of the molecule is NC1=N[C@@H](CCc2ccc(NC(c3cccc(F)c3)C(F)(F)F)cc2)CO1. The van der Waals surface area contributed by atoms with Crippen LogP contribution in [0.4, 0.5) is 23.2 Å². The van der Waals surface area contributed by atoms with E-state index in [-0.39, 0.29) is 17.6 Å². The first-order valence-corrected chi connectivity index (χ1v) is 8.45. The van der Waals surface area contributed by atoms with E-state index in [0.717, 1.165) is 24.1 Å². The van der Waals surface area contributed by atoms with Gasteiger partial charge in [-0.05, 0) is 48.2 Å². The number of ether oxygens (including phenoxy) is 1. The normalized spacial score (nSPS) is 17.9. The minimum absolute atomic E-state index is 0.00499. The number of nitrogens with zero attached hydrogens (tertiary/aromatic N) is 1. The van der Waals surface area contributed by atoms with Gasteiger partial charge in [0.1, 0.15) is 18.5 Å². The van der Waals surface area contributed by atoms with E-state index in [1.165, 1.54) is 12.1 Å². The lowest BCUT2D eigenvalue weighted by molar-refractivity contribution is -0.144. The predicted octanol–water partition coefficient (Wildman–Crippen LogP) is 4.19. The third-order valence-electron chi connectivity index (χ3n) is 4.27. The Hall–Kier alpha value is -2.77. The number of aliphatic imine (C=N–C) groups is 1. The summed E-state index contributed by atoms with van der Waals surface area (Å²) in [7, 11) is 0. The van der Waals surface area contributed by atoms with Gasteiger partial charge in [-0.25, -0.2) is 9.38 Å². The van der Waals surface area contributed by atoms with Gasteiger partial charge in [-0.15, -0.1) is 0 Å². The highest BCUT2D eigenvalue weighted by Crippen LogP contribution is 2.35. The van der Waals surface area contributed by atoms with Crippen LogP contribution in [0.25, 0.3) is 0 Å². The van der Waals surface area contributed by atoms with Crippen LogP contribution in [0.3, 0.4) is 0 Å². The lowest BCUT2D eigenvalue weighted by Gasteiger charge is -2.23. The fraction of sp³-hybridized carbons (Fsp3) is 0.316. The number of alkyl halides is 3. The van der Waals surface area contributed by atoms with Crippen molar-refractivity contribution in [1.82, 2.24) is 0 Å². The summed E-state index contributed by atoms with van der Waals surface area (Å²) in [5, 5.41) is 2.44. The highest BCUT2D eigenvalue weighted by Gasteiger charge is 2.41. The zero-order valence-electron chi connectivity index (χ0n) is 14.3. The molecule has 144 valence electrons. The minimum Gasteiger partial charge on any atom is -0.463 e.